The number of carbonyl (C=O) groups excluding carboxylic acids is 4. The molecule has 0 heterocycles. The number of phosphoric ester groups is 2. The van der Waals surface area contributed by atoms with Crippen LogP contribution in [0.2, 0.25) is 0 Å². The van der Waals surface area contributed by atoms with Crippen LogP contribution < -0.4 is 0 Å². The van der Waals surface area contributed by atoms with Crippen LogP contribution in [-0.4, -0.2) is 96.7 Å². The van der Waals surface area contributed by atoms with Gasteiger partial charge < -0.3 is 33.8 Å². The van der Waals surface area contributed by atoms with E-state index in [1.165, 1.54) is 250 Å². The van der Waals surface area contributed by atoms with Gasteiger partial charge >= 0.3 is 39.5 Å². The molecule has 0 saturated carbocycles. The van der Waals surface area contributed by atoms with Gasteiger partial charge in [0.1, 0.15) is 19.3 Å². The van der Waals surface area contributed by atoms with E-state index in [-0.39, 0.29) is 25.7 Å². The van der Waals surface area contributed by atoms with Crippen molar-refractivity contribution in [2.75, 3.05) is 39.6 Å². The van der Waals surface area contributed by atoms with Crippen molar-refractivity contribution >= 4 is 39.5 Å². The fraction of sp³-hybridized carbons (Fsp3) is 0.952. The molecule has 0 saturated heterocycles. The van der Waals surface area contributed by atoms with Crippen LogP contribution in [0.25, 0.3) is 0 Å². The van der Waals surface area contributed by atoms with Crippen LogP contribution in [0.3, 0.4) is 0 Å². The zero-order chi connectivity index (χ0) is 75.8. The summed E-state index contributed by atoms with van der Waals surface area (Å²) < 4.78 is 68.8. The summed E-state index contributed by atoms with van der Waals surface area (Å²) in [6.07, 6.45) is 63.9. The second kappa shape index (κ2) is 74.2. The molecule has 0 bridgehead atoms. The van der Waals surface area contributed by atoms with E-state index in [9.17, 15) is 43.2 Å². The molecule has 612 valence electrons. The first-order valence-corrected chi connectivity index (χ1v) is 46.3. The monoisotopic (exact) mass is 1510 g/mol. The van der Waals surface area contributed by atoms with Gasteiger partial charge in [0.2, 0.25) is 0 Å². The minimum Gasteiger partial charge on any atom is -0.462 e. The van der Waals surface area contributed by atoms with Crippen molar-refractivity contribution in [3.05, 3.63) is 0 Å². The highest BCUT2D eigenvalue weighted by molar-refractivity contribution is 7.47. The summed E-state index contributed by atoms with van der Waals surface area (Å²) >= 11 is 0. The minimum absolute atomic E-state index is 0.107. The van der Waals surface area contributed by atoms with Gasteiger partial charge in [-0.2, -0.15) is 0 Å². The molecule has 0 spiro atoms. The van der Waals surface area contributed by atoms with Crippen molar-refractivity contribution in [1.29, 1.82) is 0 Å². The molecule has 0 aromatic heterocycles. The standard InChI is InChI=1S/C84H164O17P2/c1-8-9-10-11-12-13-14-15-26-32-37-46-53-60-67-83(88)101-80(72-95-82(87)66-59-52-45-40-39-43-50-57-64-77(6)7)74-99-103(92,93)97-70-78(85)69-96-102(90,91)98-73-79(71-94-81(86)65-58-51-44-36-31-27-23-22-25-30-35-42-49-56-63-76(4)5)100-84(89)68-61-54-47-38-33-28-21-19-17-16-18-20-24-29-34-41-48-55-62-75(2)3/h75-80,85H,8-74H2,1-7H3,(H,90,91)(H,92,93)/t78-,79-,80-/m1/s1. The van der Waals surface area contributed by atoms with E-state index in [0.29, 0.717) is 25.7 Å². The average molecular weight is 1510 g/mol. The molecule has 0 aliphatic heterocycles. The van der Waals surface area contributed by atoms with Crippen LogP contribution in [0.1, 0.15) is 440 Å². The molecule has 3 N–H and O–H groups in total. The maximum atomic E-state index is 13.1. The third-order valence-corrected chi connectivity index (χ3v) is 21.5. The number of phosphoric acid groups is 2. The van der Waals surface area contributed by atoms with Crippen LogP contribution in [-0.2, 0) is 65.4 Å². The number of esters is 4. The number of hydrogen-bond acceptors (Lipinski definition) is 15. The Bertz CT molecular complexity index is 1990. The van der Waals surface area contributed by atoms with Gasteiger partial charge in [-0.25, -0.2) is 9.13 Å². The highest BCUT2D eigenvalue weighted by Crippen LogP contribution is 2.45. The molecule has 0 fully saturated rings. The van der Waals surface area contributed by atoms with Crippen LogP contribution in [0.5, 0.6) is 0 Å². The molecule has 0 aliphatic carbocycles. The van der Waals surface area contributed by atoms with Gasteiger partial charge in [-0.15, -0.1) is 0 Å². The Hall–Kier alpha value is -1.94. The Morgan fingerprint density at radius 3 is 0.660 bits per heavy atom. The number of aliphatic hydroxyl groups excluding tert-OH is 1. The van der Waals surface area contributed by atoms with Crippen molar-refractivity contribution in [2.45, 2.75) is 458 Å². The SMILES string of the molecule is CCCCCCCCCCCCCCCCC(=O)O[C@H](COC(=O)CCCCCCCCCCC(C)C)COP(=O)(O)OC[C@H](O)COP(=O)(O)OC[C@@H](COC(=O)CCCCCCCCCCCCCCCCC(C)C)OC(=O)CCCCCCCCCCCCCCCCCCCCC(C)C. The summed E-state index contributed by atoms with van der Waals surface area (Å²) in [7, 11) is -9.93. The molecule has 2 unspecified atom stereocenters. The van der Waals surface area contributed by atoms with E-state index in [0.717, 1.165) is 108 Å². The van der Waals surface area contributed by atoms with Gasteiger partial charge in [0, 0.05) is 25.7 Å². The minimum atomic E-state index is -4.96. The normalized spacial score (nSPS) is 13.9. The van der Waals surface area contributed by atoms with Gasteiger partial charge in [-0.1, -0.05) is 389 Å². The van der Waals surface area contributed by atoms with Crippen LogP contribution in [0, 0.1) is 17.8 Å². The van der Waals surface area contributed by atoms with Crippen molar-refractivity contribution in [3.63, 3.8) is 0 Å². The lowest BCUT2D eigenvalue weighted by molar-refractivity contribution is -0.161. The molecule has 0 aliphatic rings. The number of rotatable bonds is 82. The summed E-state index contributed by atoms with van der Waals surface area (Å²) in [5, 5.41) is 10.7. The topological polar surface area (TPSA) is 237 Å². The lowest BCUT2D eigenvalue weighted by Crippen LogP contribution is -2.30. The van der Waals surface area contributed by atoms with Gasteiger partial charge in [0.15, 0.2) is 12.2 Å². The number of ether oxygens (including phenoxy) is 4. The summed E-state index contributed by atoms with van der Waals surface area (Å²) in [5.74, 6) is 0.240. The highest BCUT2D eigenvalue weighted by atomic mass is 31.2. The van der Waals surface area contributed by atoms with Gasteiger partial charge in [0.25, 0.3) is 0 Å². The van der Waals surface area contributed by atoms with Gasteiger partial charge in [-0.3, -0.25) is 37.3 Å². The molecule has 0 rings (SSSR count). The zero-order valence-corrected chi connectivity index (χ0v) is 69.6. The molecule has 0 aromatic carbocycles. The largest absolute Gasteiger partial charge is 0.472 e. The Labute approximate surface area is 632 Å². The quantitative estimate of drug-likeness (QED) is 0.0222. The highest BCUT2D eigenvalue weighted by Gasteiger charge is 2.30. The van der Waals surface area contributed by atoms with E-state index in [4.69, 9.17) is 37.0 Å². The van der Waals surface area contributed by atoms with E-state index >= 15 is 0 Å². The number of hydrogen-bond donors (Lipinski definition) is 3. The first kappa shape index (κ1) is 101. The average Bonchev–Trinajstić information content (AvgIpc) is 0.913. The smallest absolute Gasteiger partial charge is 0.462 e. The first-order chi connectivity index (χ1) is 49.7. The molecule has 5 atom stereocenters. The summed E-state index contributed by atoms with van der Waals surface area (Å²) in [6, 6.07) is 0. The van der Waals surface area contributed by atoms with Crippen molar-refractivity contribution < 1.29 is 80.2 Å². The molecular formula is C84H164O17P2. The number of aliphatic hydroxyl groups is 1. The third kappa shape index (κ3) is 78.0. The van der Waals surface area contributed by atoms with E-state index in [1.54, 1.807) is 0 Å². The van der Waals surface area contributed by atoms with E-state index in [1.807, 2.05) is 0 Å². The van der Waals surface area contributed by atoms with E-state index in [2.05, 4.69) is 48.5 Å². The van der Waals surface area contributed by atoms with Gasteiger partial charge in [-0.05, 0) is 43.4 Å². The lowest BCUT2D eigenvalue weighted by Gasteiger charge is -2.21. The van der Waals surface area contributed by atoms with Crippen LogP contribution in [0.4, 0.5) is 0 Å². The molecule has 19 heteroatoms. The molecule has 17 nitrogen and oxygen atoms in total. The van der Waals surface area contributed by atoms with E-state index < -0.39 is 97.5 Å². The fourth-order valence-corrected chi connectivity index (χ4v) is 14.6. The number of carbonyl (C=O) groups is 4. The van der Waals surface area contributed by atoms with Crippen LogP contribution in [0.15, 0.2) is 0 Å². The fourth-order valence-electron chi connectivity index (χ4n) is 13.0. The molecular weight excluding hydrogens is 1340 g/mol. The Balaban J connectivity index is 5.24. The van der Waals surface area contributed by atoms with Crippen molar-refractivity contribution in [1.82, 2.24) is 0 Å². The second-order valence-corrected chi connectivity index (χ2v) is 34.6. The molecule has 103 heavy (non-hydrogen) atoms. The number of unbranched alkanes of at least 4 members (excludes halogenated alkanes) is 50. The Morgan fingerprint density at radius 1 is 0.262 bits per heavy atom. The first-order valence-electron chi connectivity index (χ1n) is 43.3. The summed E-state index contributed by atoms with van der Waals surface area (Å²) in [4.78, 5) is 73.1. The maximum absolute atomic E-state index is 13.1. The maximum Gasteiger partial charge on any atom is 0.472 e. The zero-order valence-electron chi connectivity index (χ0n) is 67.8. The second-order valence-electron chi connectivity index (χ2n) is 31.6. The summed E-state index contributed by atoms with van der Waals surface area (Å²) in [5.41, 5.74) is 0. The Kier molecular flexibility index (Phi) is 72.8. The molecule has 0 amide bonds. The molecule has 0 radical (unpaired) electrons. The summed E-state index contributed by atoms with van der Waals surface area (Å²) in [6.45, 7) is 12.0. The van der Waals surface area contributed by atoms with Crippen LogP contribution >= 0.6 is 15.6 Å². The predicted molar refractivity (Wildman–Crippen MR) is 423 cm³/mol. The van der Waals surface area contributed by atoms with Crippen molar-refractivity contribution in [2.24, 2.45) is 17.8 Å². The predicted octanol–water partition coefficient (Wildman–Crippen LogP) is 25.3. The lowest BCUT2D eigenvalue weighted by atomic mass is 10.0. The third-order valence-electron chi connectivity index (χ3n) is 19.6. The molecule has 0 aromatic rings. The Morgan fingerprint density at radius 2 is 0.447 bits per heavy atom. The van der Waals surface area contributed by atoms with Crippen molar-refractivity contribution in [3.8, 4) is 0 Å². The van der Waals surface area contributed by atoms with Gasteiger partial charge in [0.05, 0.1) is 26.4 Å².